The molecule has 0 bridgehead atoms. The zero-order valence-electron chi connectivity index (χ0n) is 23.7. The van der Waals surface area contributed by atoms with Crippen molar-refractivity contribution in [2.24, 2.45) is 5.16 Å². The number of ketones is 1. The van der Waals surface area contributed by atoms with E-state index in [9.17, 15) is 49.2 Å². The highest BCUT2D eigenvalue weighted by Gasteiger charge is 2.62. The Bertz CT molecular complexity index is 1670. The lowest BCUT2D eigenvalue weighted by atomic mass is 10.1. The average Bonchev–Trinajstić information content (AvgIpc) is 3.59. The lowest BCUT2D eigenvalue weighted by Gasteiger charge is -2.41. The highest BCUT2D eigenvalue weighted by atomic mass is 35.5. The zero-order valence-corrected chi connectivity index (χ0v) is 26.9. The third-order valence-electron chi connectivity index (χ3n) is 6.57. The third-order valence-corrected chi connectivity index (χ3v) is 10.9. The van der Waals surface area contributed by atoms with Crippen molar-refractivity contribution >= 4 is 92.7 Å². The molecular formula is C25H25ClN6O11S3. The Hall–Kier alpha value is -4.27. The molecule has 2 aliphatic heterocycles. The number of carboxylic acid groups (broad SMARTS) is 2. The number of thiazole rings is 1. The number of anilines is 1. The number of thioether (sulfide) groups is 2. The summed E-state index contributed by atoms with van der Waals surface area (Å²) in [5.41, 5.74) is 3.00. The van der Waals surface area contributed by atoms with E-state index in [2.05, 4.69) is 20.8 Å². The number of carbonyl (C=O) groups is 6. The minimum absolute atomic E-state index is 0.00257. The van der Waals surface area contributed by atoms with Crippen molar-refractivity contribution in [2.45, 2.75) is 34.9 Å². The van der Waals surface area contributed by atoms with Crippen molar-refractivity contribution in [3.8, 4) is 11.5 Å². The highest BCUT2D eigenvalue weighted by molar-refractivity contribution is 8.20. The number of nitrogen functional groups attached to an aromatic ring is 1. The Balaban J connectivity index is 1.39. The van der Waals surface area contributed by atoms with Crippen molar-refractivity contribution in [3.05, 3.63) is 33.8 Å². The van der Waals surface area contributed by atoms with Gasteiger partial charge in [0, 0.05) is 17.7 Å². The molecule has 21 heteroatoms. The number of Topliss-reactive ketones (excluding diaryl/α,β-unsaturated/α-hetero) is 1. The van der Waals surface area contributed by atoms with Gasteiger partial charge in [0.1, 0.15) is 17.1 Å². The molecule has 2 fully saturated rings. The molecule has 46 heavy (non-hydrogen) atoms. The van der Waals surface area contributed by atoms with Gasteiger partial charge in [-0.15, -0.1) is 34.9 Å². The van der Waals surface area contributed by atoms with Gasteiger partial charge in [-0.05, 0) is 26.0 Å². The van der Waals surface area contributed by atoms with E-state index in [4.69, 9.17) is 22.2 Å². The number of rotatable bonds is 13. The number of carboxylic acids is 2. The lowest BCUT2D eigenvalue weighted by molar-refractivity contribution is -0.161. The summed E-state index contributed by atoms with van der Waals surface area (Å²) < 4.78 is -1.59. The normalized spacial score (nSPS) is 20.8. The molecule has 0 aliphatic carbocycles. The fourth-order valence-corrected chi connectivity index (χ4v) is 7.82. The summed E-state index contributed by atoms with van der Waals surface area (Å²) in [4.78, 5) is 85.0. The van der Waals surface area contributed by atoms with Gasteiger partial charge in [0.15, 0.2) is 26.4 Å². The van der Waals surface area contributed by atoms with Crippen LogP contribution in [-0.4, -0.2) is 111 Å². The van der Waals surface area contributed by atoms with E-state index >= 15 is 0 Å². The molecule has 246 valence electrons. The van der Waals surface area contributed by atoms with Crippen molar-refractivity contribution < 1.29 is 54.0 Å². The van der Waals surface area contributed by atoms with Crippen LogP contribution in [0.5, 0.6) is 11.5 Å². The first-order chi connectivity index (χ1) is 21.5. The molecule has 8 N–H and O–H groups in total. The predicted molar refractivity (Wildman–Crippen MR) is 166 cm³/mol. The second-order valence-corrected chi connectivity index (χ2v) is 14.5. The number of β-lactam (4-membered cyclic amide) rings is 1. The maximum Gasteiger partial charge on any atom is 0.350 e. The molecule has 0 radical (unpaired) electrons. The minimum Gasteiger partial charge on any atom is -0.504 e. The molecule has 4 rings (SSSR count). The molecule has 2 aliphatic rings. The summed E-state index contributed by atoms with van der Waals surface area (Å²) in [6.45, 7) is 2.02. The second kappa shape index (κ2) is 13.2. The molecule has 0 saturated carbocycles. The number of hydrogen-bond donors (Lipinski definition) is 7. The minimum atomic E-state index is -1.82. The van der Waals surface area contributed by atoms with E-state index in [1.807, 2.05) is 0 Å². The molecule has 3 atom stereocenters. The van der Waals surface area contributed by atoms with Gasteiger partial charge in [0.25, 0.3) is 17.6 Å². The quantitative estimate of drug-likeness (QED) is 0.0279. The van der Waals surface area contributed by atoms with Crippen LogP contribution in [0.1, 0.15) is 29.9 Å². The molecule has 2 aromatic rings. The van der Waals surface area contributed by atoms with E-state index < -0.39 is 78.8 Å². The first kappa shape index (κ1) is 34.6. The van der Waals surface area contributed by atoms with E-state index in [1.54, 1.807) is 0 Å². The fraction of sp³-hybridized carbons (Fsp3) is 0.360. The first-order valence-corrected chi connectivity index (χ1v) is 16.0. The van der Waals surface area contributed by atoms with Crippen LogP contribution in [0.25, 0.3) is 0 Å². The summed E-state index contributed by atoms with van der Waals surface area (Å²) in [5.74, 6) is -7.69. The van der Waals surface area contributed by atoms with Crippen molar-refractivity contribution in [1.29, 1.82) is 0 Å². The average molecular weight is 717 g/mol. The Labute approximate surface area is 276 Å². The number of carbonyl (C=O) groups excluding carboxylic acids is 4. The SMILES string of the molecule is CC(C)(O/N=C(\C(=O)NC1C(=O)N2C[C@](SCCNC(=O)C(=O)c3ccc(O)c(O)c3Cl)(C(=O)O)S[C@H]12)c1csc(N)n1)C(=O)O. The van der Waals surface area contributed by atoms with Crippen LogP contribution in [-0.2, 0) is 28.8 Å². The fourth-order valence-electron chi connectivity index (χ4n) is 3.99. The van der Waals surface area contributed by atoms with Crippen LogP contribution in [0.4, 0.5) is 5.13 Å². The molecule has 3 heterocycles. The van der Waals surface area contributed by atoms with Crippen LogP contribution in [0, 0.1) is 0 Å². The predicted octanol–water partition coefficient (Wildman–Crippen LogP) is 0.287. The molecule has 0 spiro atoms. The monoisotopic (exact) mass is 716 g/mol. The molecule has 1 aromatic heterocycles. The van der Waals surface area contributed by atoms with Crippen molar-refractivity contribution in [1.82, 2.24) is 20.5 Å². The summed E-state index contributed by atoms with van der Waals surface area (Å²) in [5, 5.41) is 47.2. The molecule has 1 aromatic carbocycles. The van der Waals surface area contributed by atoms with E-state index in [0.717, 1.165) is 47.0 Å². The van der Waals surface area contributed by atoms with Gasteiger partial charge in [0.2, 0.25) is 11.5 Å². The maximum absolute atomic E-state index is 13.2. The Morgan fingerprint density at radius 3 is 2.54 bits per heavy atom. The van der Waals surface area contributed by atoms with Crippen LogP contribution in [0.15, 0.2) is 22.7 Å². The number of amides is 3. The van der Waals surface area contributed by atoms with Crippen LogP contribution < -0.4 is 16.4 Å². The van der Waals surface area contributed by atoms with Crippen molar-refractivity contribution in [2.75, 3.05) is 24.6 Å². The molecule has 1 unspecified atom stereocenters. The third kappa shape index (κ3) is 6.78. The summed E-state index contributed by atoms with van der Waals surface area (Å²) in [6.07, 6.45) is 0. The Kier molecular flexibility index (Phi) is 9.95. The number of fused-ring (bicyclic) bond motifs is 1. The standard InChI is InChI=1S/C25H25ClN6O11S3/c1-24(2,21(39)40)43-31-13(10-7-44-23(27)29-10)17(36)30-14-19(38)32-8-25(22(41)42,46-20(14)32)45-6-5-28-18(37)15(34)9-3-4-11(33)16(35)12(9)26/h3-4,7,14,20,33,35H,5-6,8H2,1-2H3,(H2,27,29)(H,28,37)(H,30,36)(H,39,40)(H,41,42)/b31-13-/t14?,20-,25-/m1/s1. The molecule has 3 amide bonds. The zero-order chi connectivity index (χ0) is 34.1. The van der Waals surface area contributed by atoms with Gasteiger partial charge >= 0.3 is 11.9 Å². The lowest BCUT2D eigenvalue weighted by Crippen LogP contribution is -2.68. The first-order valence-electron chi connectivity index (χ1n) is 12.9. The van der Waals surface area contributed by atoms with Gasteiger partial charge in [-0.25, -0.2) is 14.6 Å². The number of nitrogens with zero attached hydrogens (tertiary/aromatic N) is 3. The second-order valence-electron chi connectivity index (χ2n) is 10.1. The number of nitrogens with one attached hydrogen (secondary N) is 2. The topological polar surface area (TPSA) is 271 Å². The number of benzene rings is 1. The Morgan fingerprint density at radius 1 is 1.24 bits per heavy atom. The smallest absolute Gasteiger partial charge is 0.350 e. The number of aromatic nitrogens is 1. The molecule has 17 nitrogen and oxygen atoms in total. The highest BCUT2D eigenvalue weighted by Crippen LogP contribution is 2.52. The van der Waals surface area contributed by atoms with E-state index in [1.165, 1.54) is 24.1 Å². The number of nitrogens with two attached hydrogens (primary N) is 1. The van der Waals surface area contributed by atoms with E-state index in [0.29, 0.717) is 0 Å². The maximum atomic E-state index is 13.2. The summed E-state index contributed by atoms with van der Waals surface area (Å²) in [7, 11) is 0. The van der Waals surface area contributed by atoms with Crippen molar-refractivity contribution in [3.63, 3.8) is 0 Å². The van der Waals surface area contributed by atoms with Gasteiger partial charge in [-0.2, -0.15) is 0 Å². The number of oxime groups is 1. The Morgan fingerprint density at radius 2 is 1.93 bits per heavy atom. The number of phenolic OH excluding ortho intramolecular Hbond substituents is 2. The number of halogens is 1. The van der Waals surface area contributed by atoms with Crippen LogP contribution in [0.3, 0.4) is 0 Å². The van der Waals surface area contributed by atoms with Gasteiger partial charge in [-0.1, -0.05) is 16.8 Å². The largest absolute Gasteiger partial charge is 0.504 e. The number of phenols is 2. The van der Waals surface area contributed by atoms with Gasteiger partial charge in [-0.3, -0.25) is 19.2 Å². The van der Waals surface area contributed by atoms with Gasteiger partial charge < -0.3 is 46.5 Å². The number of hydrogen-bond acceptors (Lipinski definition) is 15. The number of aliphatic carboxylic acids is 2. The van der Waals surface area contributed by atoms with Crippen LogP contribution in [0.2, 0.25) is 5.02 Å². The summed E-state index contributed by atoms with van der Waals surface area (Å²) in [6, 6.07) is 0.879. The molecule has 2 saturated heterocycles. The van der Waals surface area contributed by atoms with Crippen LogP contribution >= 0.6 is 46.5 Å². The van der Waals surface area contributed by atoms with Gasteiger partial charge in [0.05, 0.1) is 17.1 Å². The number of aromatic hydroxyl groups is 2. The van der Waals surface area contributed by atoms with E-state index in [-0.39, 0.29) is 35.2 Å². The summed E-state index contributed by atoms with van der Waals surface area (Å²) >= 11 is 8.60. The molecular weight excluding hydrogens is 692 g/mol.